The Balaban J connectivity index is 1.67. The minimum Gasteiger partial charge on any atom is -0.454 e. The van der Waals surface area contributed by atoms with Crippen molar-refractivity contribution in [3.8, 4) is 11.5 Å². The van der Waals surface area contributed by atoms with E-state index >= 15 is 0 Å². The third kappa shape index (κ3) is 4.22. The van der Waals surface area contributed by atoms with Crippen molar-refractivity contribution < 1.29 is 14.3 Å². The van der Waals surface area contributed by atoms with Gasteiger partial charge in [-0.15, -0.1) is 0 Å². The van der Waals surface area contributed by atoms with E-state index in [0.717, 1.165) is 16.5 Å². The number of aromatic nitrogens is 2. The lowest BCUT2D eigenvalue weighted by Gasteiger charge is -2.13. The number of rotatable bonds is 5. The molecule has 0 spiro atoms. The van der Waals surface area contributed by atoms with Gasteiger partial charge in [0.2, 0.25) is 12.7 Å². The maximum atomic E-state index is 12.5. The summed E-state index contributed by atoms with van der Waals surface area (Å²) in [7, 11) is 0. The molecule has 0 radical (unpaired) electrons. The van der Waals surface area contributed by atoms with Crippen molar-refractivity contribution in [3.63, 3.8) is 0 Å². The zero-order valence-corrected chi connectivity index (χ0v) is 15.5. The second-order valence-corrected chi connectivity index (χ2v) is 7.54. The molecule has 1 aromatic carbocycles. The van der Waals surface area contributed by atoms with Crippen molar-refractivity contribution in [1.29, 1.82) is 0 Å². The van der Waals surface area contributed by atoms with Crippen molar-refractivity contribution in [3.05, 3.63) is 35.8 Å². The number of hydrogen-bond donors (Lipinski definition) is 1. The second kappa shape index (κ2) is 7.31. The molecule has 1 aliphatic heterocycles. The van der Waals surface area contributed by atoms with E-state index in [0.29, 0.717) is 17.2 Å². The molecule has 1 atom stereocenters. The molecule has 0 saturated heterocycles. The number of thioether (sulfide) groups is 1. The number of hydrogen-bond acceptors (Lipinski definition) is 6. The number of carbonyl (C=O) groups excluding carboxylic acids is 1. The van der Waals surface area contributed by atoms with E-state index in [2.05, 4.69) is 29.1 Å². The molecule has 0 bridgehead atoms. The van der Waals surface area contributed by atoms with Crippen LogP contribution in [0.15, 0.2) is 29.3 Å². The third-order valence-corrected chi connectivity index (χ3v) is 4.69. The van der Waals surface area contributed by atoms with E-state index < -0.39 is 0 Å². The summed E-state index contributed by atoms with van der Waals surface area (Å²) in [6, 6.07) is 7.26. The molecule has 0 aliphatic carbocycles. The number of benzene rings is 1. The van der Waals surface area contributed by atoms with Gasteiger partial charge in [-0.05, 0) is 32.0 Å². The van der Waals surface area contributed by atoms with E-state index in [1.165, 1.54) is 11.8 Å². The minimum atomic E-state index is -0.292. The predicted octanol–water partition coefficient (Wildman–Crippen LogP) is 3.76. The molecule has 1 amide bonds. The number of nitrogens with one attached hydrogen (secondary N) is 1. The Morgan fingerprint density at radius 2 is 1.92 bits per heavy atom. The summed E-state index contributed by atoms with van der Waals surface area (Å²) in [5, 5.41) is 3.42. The highest BCUT2D eigenvalue weighted by molar-refractivity contribution is 8.00. The van der Waals surface area contributed by atoms with Gasteiger partial charge in [-0.3, -0.25) is 4.79 Å². The molecule has 132 valence electrons. The van der Waals surface area contributed by atoms with Crippen LogP contribution in [0.3, 0.4) is 0 Å². The van der Waals surface area contributed by atoms with Crippen molar-refractivity contribution >= 4 is 23.4 Å². The first kappa shape index (κ1) is 17.5. The van der Waals surface area contributed by atoms with Crippen molar-refractivity contribution in [2.75, 3.05) is 12.1 Å². The summed E-state index contributed by atoms with van der Waals surface area (Å²) < 4.78 is 10.6. The molecule has 1 N–H and O–H groups in total. The molecule has 2 aromatic rings. The summed E-state index contributed by atoms with van der Waals surface area (Å²) in [6.07, 6.45) is 0. The average Bonchev–Trinajstić information content (AvgIpc) is 3.01. The normalized spacial score (nSPS) is 13.8. The highest BCUT2D eigenvalue weighted by Gasteiger charge is 2.19. The predicted molar refractivity (Wildman–Crippen MR) is 97.4 cm³/mol. The van der Waals surface area contributed by atoms with Crippen molar-refractivity contribution in [1.82, 2.24) is 9.97 Å². The van der Waals surface area contributed by atoms with Gasteiger partial charge in [-0.1, -0.05) is 25.6 Å². The van der Waals surface area contributed by atoms with E-state index in [-0.39, 0.29) is 23.9 Å². The molecule has 25 heavy (non-hydrogen) atoms. The zero-order valence-electron chi connectivity index (χ0n) is 14.7. The van der Waals surface area contributed by atoms with Crippen molar-refractivity contribution in [2.24, 2.45) is 0 Å². The van der Waals surface area contributed by atoms with Gasteiger partial charge in [0.25, 0.3) is 0 Å². The number of ether oxygens (including phenoxy) is 2. The average molecular weight is 359 g/mol. The molecular formula is C18H21N3O3S. The molecule has 6 nitrogen and oxygen atoms in total. The van der Waals surface area contributed by atoms with Gasteiger partial charge in [0.1, 0.15) is 10.9 Å². The highest BCUT2D eigenvalue weighted by Crippen LogP contribution is 2.34. The first-order valence-corrected chi connectivity index (χ1v) is 9.03. The molecule has 0 fully saturated rings. The molecular weight excluding hydrogens is 338 g/mol. The van der Waals surface area contributed by atoms with E-state index in [1.54, 1.807) is 18.2 Å². The van der Waals surface area contributed by atoms with Gasteiger partial charge in [0.15, 0.2) is 11.5 Å². The molecule has 2 heterocycles. The van der Waals surface area contributed by atoms with Crippen LogP contribution in [0.5, 0.6) is 11.5 Å². The number of nitrogens with zero attached hydrogens (tertiary/aromatic N) is 2. The summed E-state index contributed by atoms with van der Waals surface area (Å²) >= 11 is 1.42. The lowest BCUT2D eigenvalue weighted by atomic mass is 10.2. The van der Waals surface area contributed by atoms with Crippen LogP contribution in [0.25, 0.3) is 0 Å². The molecule has 1 aromatic heterocycles. The van der Waals surface area contributed by atoms with E-state index in [1.807, 2.05) is 19.9 Å². The van der Waals surface area contributed by atoms with Crippen LogP contribution < -0.4 is 14.8 Å². The van der Waals surface area contributed by atoms with Crippen LogP contribution in [-0.4, -0.2) is 27.9 Å². The summed E-state index contributed by atoms with van der Waals surface area (Å²) in [5.41, 5.74) is 1.59. The smallest absolute Gasteiger partial charge is 0.237 e. The Kier molecular flexibility index (Phi) is 5.13. The Hall–Kier alpha value is -2.28. The van der Waals surface area contributed by atoms with Crippen LogP contribution in [0.1, 0.15) is 38.2 Å². The largest absolute Gasteiger partial charge is 0.454 e. The number of carbonyl (C=O) groups is 1. The van der Waals surface area contributed by atoms with Crippen LogP contribution in [0.4, 0.5) is 5.69 Å². The van der Waals surface area contributed by atoms with Gasteiger partial charge >= 0.3 is 0 Å². The Morgan fingerprint density at radius 1 is 1.16 bits per heavy atom. The van der Waals surface area contributed by atoms with Gasteiger partial charge < -0.3 is 14.8 Å². The van der Waals surface area contributed by atoms with Gasteiger partial charge in [0.05, 0.1) is 5.25 Å². The fourth-order valence-electron chi connectivity index (χ4n) is 2.33. The summed E-state index contributed by atoms with van der Waals surface area (Å²) in [5.74, 6) is 2.29. The number of aryl methyl sites for hydroxylation is 1. The fraction of sp³-hybridized carbons (Fsp3) is 0.389. The number of fused-ring (bicyclic) bond motifs is 1. The molecule has 0 unspecified atom stereocenters. The maximum Gasteiger partial charge on any atom is 0.237 e. The Bertz CT molecular complexity index is 795. The first-order chi connectivity index (χ1) is 11.9. The number of anilines is 1. The molecule has 7 heteroatoms. The zero-order chi connectivity index (χ0) is 18.0. The third-order valence-electron chi connectivity index (χ3n) is 3.67. The Labute approximate surface area is 151 Å². The van der Waals surface area contributed by atoms with Crippen LogP contribution >= 0.6 is 11.8 Å². The monoisotopic (exact) mass is 359 g/mol. The topological polar surface area (TPSA) is 73.3 Å². The van der Waals surface area contributed by atoms with Crippen LogP contribution in [0, 0.1) is 6.92 Å². The second-order valence-electron chi connectivity index (χ2n) is 6.18. The summed E-state index contributed by atoms with van der Waals surface area (Å²) in [4.78, 5) is 21.5. The lowest BCUT2D eigenvalue weighted by Crippen LogP contribution is -2.22. The SMILES string of the molecule is Cc1cc(S[C@H](C)C(=O)Nc2ccc3c(c2)OCO3)nc(C(C)C)n1. The fourth-order valence-corrected chi connectivity index (χ4v) is 3.25. The standard InChI is InChI=1S/C18H21N3O3S/c1-10(2)17-19-11(3)7-16(21-17)25-12(4)18(22)20-13-5-6-14-15(8-13)24-9-23-14/h5-8,10,12H,9H2,1-4H3,(H,20,22)/t12-/m1/s1. The van der Waals surface area contributed by atoms with Gasteiger partial charge in [-0.25, -0.2) is 9.97 Å². The first-order valence-electron chi connectivity index (χ1n) is 8.15. The summed E-state index contributed by atoms with van der Waals surface area (Å²) in [6.45, 7) is 8.12. The number of amides is 1. The minimum absolute atomic E-state index is 0.0915. The van der Waals surface area contributed by atoms with Gasteiger partial charge in [0, 0.05) is 23.4 Å². The van der Waals surface area contributed by atoms with Crippen molar-refractivity contribution in [2.45, 2.75) is 43.9 Å². The van der Waals surface area contributed by atoms with Gasteiger partial charge in [-0.2, -0.15) is 0 Å². The maximum absolute atomic E-state index is 12.5. The molecule has 1 aliphatic rings. The van der Waals surface area contributed by atoms with E-state index in [4.69, 9.17) is 9.47 Å². The lowest BCUT2D eigenvalue weighted by molar-refractivity contribution is -0.115. The van der Waals surface area contributed by atoms with Crippen LogP contribution in [0.2, 0.25) is 0 Å². The van der Waals surface area contributed by atoms with Crippen LogP contribution in [-0.2, 0) is 4.79 Å². The Morgan fingerprint density at radius 3 is 2.68 bits per heavy atom. The quantitative estimate of drug-likeness (QED) is 0.647. The highest BCUT2D eigenvalue weighted by atomic mass is 32.2. The molecule has 0 saturated carbocycles. The molecule has 3 rings (SSSR count). The van der Waals surface area contributed by atoms with E-state index in [9.17, 15) is 4.79 Å².